The van der Waals surface area contributed by atoms with Gasteiger partial charge in [0.15, 0.2) is 0 Å². The van der Waals surface area contributed by atoms with Crippen LogP contribution in [0.3, 0.4) is 0 Å². The van der Waals surface area contributed by atoms with Crippen LogP contribution in [-0.2, 0) is 11.0 Å². The Morgan fingerprint density at radius 1 is 0.750 bits per heavy atom. The van der Waals surface area contributed by atoms with E-state index < -0.39 is 23.6 Å². The number of halogens is 3. The van der Waals surface area contributed by atoms with Gasteiger partial charge in [0.05, 0.1) is 16.9 Å². The molecule has 1 aliphatic heterocycles. The molecule has 0 aliphatic carbocycles. The van der Waals surface area contributed by atoms with E-state index in [9.17, 15) is 22.8 Å². The van der Waals surface area contributed by atoms with Crippen LogP contribution < -0.4 is 4.90 Å². The van der Waals surface area contributed by atoms with Crippen LogP contribution in [-0.4, -0.2) is 26.6 Å². The number of amides is 2. The molecule has 3 aromatic carbocycles. The van der Waals surface area contributed by atoms with E-state index in [4.69, 9.17) is 5.10 Å². The minimum atomic E-state index is -4.64. The minimum Gasteiger partial charge on any atom is -0.268 e. The van der Waals surface area contributed by atoms with Crippen molar-refractivity contribution in [2.75, 3.05) is 4.90 Å². The molecule has 0 fully saturated rings. The first-order valence-corrected chi connectivity index (χ1v) is 12.2. The Morgan fingerprint density at radius 3 is 2.20 bits per heavy atom. The average molecular weight is 537 g/mol. The quantitative estimate of drug-likeness (QED) is 0.190. The van der Waals surface area contributed by atoms with E-state index in [1.165, 1.54) is 12.1 Å². The number of fused-ring (bicyclic) bond motifs is 1. The van der Waals surface area contributed by atoms with E-state index in [1.807, 2.05) is 36.4 Å². The molecule has 0 spiro atoms. The summed E-state index contributed by atoms with van der Waals surface area (Å²) in [5.74, 6) is -1.45. The lowest BCUT2D eigenvalue weighted by Crippen LogP contribution is -2.41. The monoisotopic (exact) mass is 536 g/mol. The predicted molar refractivity (Wildman–Crippen MR) is 144 cm³/mol. The van der Waals surface area contributed by atoms with Crippen molar-refractivity contribution in [1.82, 2.24) is 14.8 Å². The van der Waals surface area contributed by atoms with Crippen molar-refractivity contribution in [2.24, 2.45) is 0 Å². The van der Waals surface area contributed by atoms with E-state index in [0.717, 1.165) is 22.7 Å². The van der Waals surface area contributed by atoms with Crippen molar-refractivity contribution >= 4 is 29.2 Å². The molecule has 196 valence electrons. The summed E-state index contributed by atoms with van der Waals surface area (Å²) in [6.45, 7) is 0. The lowest BCUT2D eigenvalue weighted by Gasteiger charge is -2.29. The first-order valence-electron chi connectivity index (χ1n) is 12.2. The minimum absolute atomic E-state index is 0.144. The highest BCUT2D eigenvalue weighted by Gasteiger charge is 2.38. The van der Waals surface area contributed by atoms with Gasteiger partial charge in [-0.05, 0) is 60.2 Å². The van der Waals surface area contributed by atoms with E-state index in [1.54, 1.807) is 59.7 Å². The van der Waals surface area contributed by atoms with E-state index in [2.05, 4.69) is 4.98 Å². The molecular weight excluding hydrogens is 517 g/mol. The lowest BCUT2D eigenvalue weighted by molar-refractivity contribution is -0.137. The number of hydrogen-bond acceptors (Lipinski definition) is 4. The largest absolute Gasteiger partial charge is 0.416 e. The van der Waals surface area contributed by atoms with Crippen molar-refractivity contribution in [3.05, 3.63) is 132 Å². The fourth-order valence-corrected chi connectivity index (χ4v) is 4.64. The summed E-state index contributed by atoms with van der Waals surface area (Å²) < 4.78 is 42.1. The van der Waals surface area contributed by atoms with Gasteiger partial charge in [-0.3, -0.25) is 14.6 Å². The third-order valence-electron chi connectivity index (χ3n) is 6.51. The third-order valence-corrected chi connectivity index (χ3v) is 6.51. The second-order valence-electron chi connectivity index (χ2n) is 9.05. The normalized spacial score (nSPS) is 14.5. The molecule has 0 atom stereocenters. The summed E-state index contributed by atoms with van der Waals surface area (Å²) in [6, 6.07) is 23.7. The number of hydrogen-bond donors (Lipinski definition) is 0. The topological polar surface area (TPSA) is 68.1 Å². The molecule has 1 aliphatic rings. The summed E-state index contributed by atoms with van der Waals surface area (Å²) in [5.41, 5.74) is 2.18. The van der Waals surface area contributed by atoms with Crippen LogP contribution in [0.25, 0.3) is 28.6 Å². The second-order valence-corrected chi connectivity index (χ2v) is 9.05. The summed E-state index contributed by atoms with van der Waals surface area (Å²) in [5, 5.41) is 4.74. The van der Waals surface area contributed by atoms with Gasteiger partial charge in [-0.25, -0.2) is 9.58 Å². The Morgan fingerprint density at radius 2 is 1.48 bits per heavy atom. The highest BCUT2D eigenvalue weighted by Crippen LogP contribution is 2.37. The molecule has 0 unspecified atom stereocenters. The van der Waals surface area contributed by atoms with Crippen molar-refractivity contribution in [2.45, 2.75) is 6.18 Å². The molecule has 6 rings (SSSR count). The van der Waals surface area contributed by atoms with E-state index in [0.29, 0.717) is 22.4 Å². The van der Waals surface area contributed by atoms with E-state index >= 15 is 0 Å². The van der Waals surface area contributed by atoms with Gasteiger partial charge in [-0.2, -0.15) is 18.3 Å². The number of aromatic nitrogens is 3. The highest BCUT2D eigenvalue weighted by molar-refractivity contribution is 6.43. The molecule has 2 amide bonds. The van der Waals surface area contributed by atoms with Crippen molar-refractivity contribution in [3.63, 3.8) is 0 Å². The third kappa shape index (κ3) is 4.47. The Hall–Kier alpha value is -5.31. The van der Waals surface area contributed by atoms with Crippen LogP contribution in [0.1, 0.15) is 27.0 Å². The molecule has 2 aromatic heterocycles. The molecule has 0 bridgehead atoms. The number of anilines is 1. The van der Waals surface area contributed by atoms with Gasteiger partial charge in [-0.15, -0.1) is 0 Å². The maximum atomic E-state index is 13.9. The number of benzene rings is 3. The summed E-state index contributed by atoms with van der Waals surface area (Å²) in [7, 11) is 0. The number of nitrogens with zero attached hydrogens (tertiary/aromatic N) is 4. The van der Waals surface area contributed by atoms with Crippen LogP contribution in [0.5, 0.6) is 0 Å². The van der Waals surface area contributed by atoms with E-state index in [-0.39, 0.29) is 16.8 Å². The lowest BCUT2D eigenvalue weighted by atomic mass is 9.91. The summed E-state index contributed by atoms with van der Waals surface area (Å²) >= 11 is 0. The van der Waals surface area contributed by atoms with Gasteiger partial charge < -0.3 is 0 Å². The number of imide groups is 1. The molecule has 6 nitrogen and oxygen atoms in total. The molecular formula is C31H19F3N4O2. The maximum absolute atomic E-state index is 13.9. The molecule has 0 saturated carbocycles. The maximum Gasteiger partial charge on any atom is 0.416 e. The molecule has 3 heterocycles. The van der Waals surface area contributed by atoms with Crippen LogP contribution in [0.4, 0.5) is 18.9 Å². The first kappa shape index (κ1) is 25.0. The highest BCUT2D eigenvalue weighted by atomic mass is 19.4. The Kier molecular flexibility index (Phi) is 6.11. The molecule has 0 saturated heterocycles. The predicted octanol–water partition coefficient (Wildman–Crippen LogP) is 6.68. The standard InChI is InChI=1S/C31H19F3N4O2/c32-31(33,34)22-9-6-12-24(17-22)38-29(39)26-14-5-4-13-25(26)27(30(38)40)16-21-19-37(23-10-2-1-3-11-23)36-28(21)20-8-7-15-35-18-20/h1-19H/b27-16-. The van der Waals surface area contributed by atoms with Crippen LogP contribution in [0.15, 0.2) is 110 Å². The zero-order valence-electron chi connectivity index (χ0n) is 20.7. The SMILES string of the molecule is O=C1/C(=C\c2cn(-c3ccccc3)nc2-c2cccnc2)c2ccccc2C(=O)N1c1cccc(C(F)(F)F)c1. The Balaban J connectivity index is 1.54. The van der Waals surface area contributed by atoms with Crippen LogP contribution in [0.2, 0.25) is 0 Å². The number of pyridine rings is 1. The fourth-order valence-electron chi connectivity index (χ4n) is 4.64. The number of alkyl halides is 3. The van der Waals surface area contributed by atoms with Gasteiger partial charge in [-0.1, -0.05) is 42.5 Å². The van der Waals surface area contributed by atoms with Crippen molar-refractivity contribution in [3.8, 4) is 16.9 Å². The summed E-state index contributed by atoms with van der Waals surface area (Å²) in [4.78, 5) is 32.3. The fraction of sp³-hybridized carbons (Fsp3) is 0.0323. The molecule has 40 heavy (non-hydrogen) atoms. The zero-order chi connectivity index (χ0) is 27.9. The van der Waals surface area contributed by atoms with Gasteiger partial charge in [0, 0.05) is 40.9 Å². The molecule has 9 heteroatoms. The van der Waals surface area contributed by atoms with Crippen LogP contribution >= 0.6 is 0 Å². The Labute approximate surface area is 226 Å². The number of para-hydroxylation sites is 1. The zero-order valence-corrected chi connectivity index (χ0v) is 20.7. The van der Waals surface area contributed by atoms with Gasteiger partial charge in [0.1, 0.15) is 5.69 Å². The second kappa shape index (κ2) is 9.77. The van der Waals surface area contributed by atoms with Crippen molar-refractivity contribution < 1.29 is 22.8 Å². The first-order chi connectivity index (χ1) is 19.3. The Bertz CT molecular complexity index is 1780. The number of carbonyl (C=O) groups excluding carboxylic acids is 2. The number of carbonyl (C=O) groups is 2. The number of rotatable bonds is 4. The van der Waals surface area contributed by atoms with Crippen LogP contribution in [0, 0.1) is 0 Å². The van der Waals surface area contributed by atoms with Crippen molar-refractivity contribution in [1.29, 1.82) is 0 Å². The van der Waals surface area contributed by atoms with Gasteiger partial charge in [0.2, 0.25) is 0 Å². The smallest absolute Gasteiger partial charge is 0.268 e. The average Bonchev–Trinajstić information content (AvgIpc) is 3.40. The molecule has 5 aromatic rings. The van der Waals surface area contributed by atoms with Gasteiger partial charge in [0.25, 0.3) is 11.8 Å². The van der Waals surface area contributed by atoms with Gasteiger partial charge >= 0.3 is 6.18 Å². The molecule has 0 radical (unpaired) electrons. The summed E-state index contributed by atoms with van der Waals surface area (Å²) in [6.07, 6.45) is 2.01. The molecule has 0 N–H and O–H groups in total.